The second-order valence-corrected chi connectivity index (χ2v) is 8.66. The van der Waals surface area contributed by atoms with Gasteiger partial charge in [-0.1, -0.05) is 17.7 Å². The number of amides is 2. The predicted molar refractivity (Wildman–Crippen MR) is 130 cm³/mol. The maximum absolute atomic E-state index is 13.0. The van der Waals surface area contributed by atoms with Crippen molar-refractivity contribution in [3.63, 3.8) is 0 Å². The molecule has 0 spiro atoms. The van der Waals surface area contributed by atoms with E-state index >= 15 is 0 Å². The van der Waals surface area contributed by atoms with Crippen molar-refractivity contribution >= 4 is 29.2 Å². The molecular formula is C25H27ClN4O4. The Balaban J connectivity index is 1.41. The molecule has 0 aliphatic carbocycles. The second kappa shape index (κ2) is 10.2. The number of likely N-dealkylation sites (tertiary alicyclic amines) is 1. The number of rotatable bonds is 6. The maximum Gasteiger partial charge on any atom is 0.254 e. The summed E-state index contributed by atoms with van der Waals surface area (Å²) in [6.45, 7) is 2.85. The van der Waals surface area contributed by atoms with Crippen LogP contribution in [0, 0.1) is 12.8 Å². The van der Waals surface area contributed by atoms with Gasteiger partial charge in [-0.2, -0.15) is 5.10 Å². The molecule has 0 unspecified atom stereocenters. The predicted octanol–water partition coefficient (Wildman–Crippen LogP) is 4.34. The standard InChI is InChI=1S/C25H27ClN4O4/c1-16-11-23(30(28-16)20-6-4-5-19(26)14-20)27-24(31)17-7-9-29(10-8-17)25(32)18-12-21(33-2)15-22(13-18)34-3/h4-6,11-15,17H,7-10H2,1-3H3,(H,27,31). The molecule has 1 aliphatic heterocycles. The number of nitrogens with zero attached hydrogens (tertiary/aromatic N) is 3. The molecule has 1 N–H and O–H groups in total. The number of ether oxygens (including phenoxy) is 2. The Labute approximate surface area is 203 Å². The van der Waals surface area contributed by atoms with Crippen LogP contribution in [-0.2, 0) is 4.79 Å². The number of anilines is 1. The van der Waals surface area contributed by atoms with Crippen LogP contribution in [0.3, 0.4) is 0 Å². The fourth-order valence-electron chi connectivity index (χ4n) is 4.08. The summed E-state index contributed by atoms with van der Waals surface area (Å²) in [6.07, 6.45) is 1.14. The third-order valence-corrected chi connectivity index (χ3v) is 6.12. The normalized spacial score (nSPS) is 14.1. The van der Waals surface area contributed by atoms with Gasteiger partial charge in [0.2, 0.25) is 5.91 Å². The summed E-state index contributed by atoms with van der Waals surface area (Å²) < 4.78 is 12.2. The summed E-state index contributed by atoms with van der Waals surface area (Å²) in [5.74, 6) is 1.31. The highest BCUT2D eigenvalue weighted by molar-refractivity contribution is 6.30. The van der Waals surface area contributed by atoms with Crippen LogP contribution in [-0.4, -0.2) is 53.8 Å². The molecular weight excluding hydrogens is 456 g/mol. The molecule has 1 aliphatic rings. The third-order valence-electron chi connectivity index (χ3n) is 5.89. The molecule has 2 aromatic carbocycles. The molecule has 4 rings (SSSR count). The number of hydrogen-bond acceptors (Lipinski definition) is 5. The number of nitrogens with one attached hydrogen (secondary N) is 1. The van der Waals surface area contributed by atoms with Gasteiger partial charge in [0, 0.05) is 41.7 Å². The first-order valence-corrected chi connectivity index (χ1v) is 11.4. The lowest BCUT2D eigenvalue weighted by molar-refractivity contribution is -0.121. The number of benzene rings is 2. The molecule has 1 aromatic heterocycles. The van der Waals surface area contributed by atoms with Crippen molar-refractivity contribution in [2.75, 3.05) is 32.6 Å². The second-order valence-electron chi connectivity index (χ2n) is 8.22. The summed E-state index contributed by atoms with van der Waals surface area (Å²) in [5.41, 5.74) is 2.05. The van der Waals surface area contributed by atoms with Gasteiger partial charge in [0.15, 0.2) is 0 Å². The number of methoxy groups -OCH3 is 2. The number of aryl methyl sites for hydroxylation is 1. The average Bonchev–Trinajstić information content (AvgIpc) is 3.23. The molecule has 1 saturated heterocycles. The van der Waals surface area contributed by atoms with E-state index in [1.54, 1.807) is 54.1 Å². The number of hydrogen-bond donors (Lipinski definition) is 1. The van der Waals surface area contributed by atoms with Crippen molar-refractivity contribution in [3.05, 3.63) is 64.8 Å². The molecule has 8 nitrogen and oxygen atoms in total. The number of carbonyl (C=O) groups is 2. The van der Waals surface area contributed by atoms with E-state index in [9.17, 15) is 9.59 Å². The van der Waals surface area contributed by atoms with E-state index < -0.39 is 0 Å². The molecule has 34 heavy (non-hydrogen) atoms. The Bertz CT molecular complexity index is 1180. The first-order valence-electron chi connectivity index (χ1n) is 11.0. The molecule has 0 saturated carbocycles. The van der Waals surface area contributed by atoms with Crippen LogP contribution >= 0.6 is 11.6 Å². The quantitative estimate of drug-likeness (QED) is 0.564. The lowest BCUT2D eigenvalue weighted by atomic mass is 9.95. The fourth-order valence-corrected chi connectivity index (χ4v) is 4.26. The van der Waals surface area contributed by atoms with Gasteiger partial charge in [-0.3, -0.25) is 9.59 Å². The molecule has 178 valence electrons. The highest BCUT2D eigenvalue weighted by atomic mass is 35.5. The van der Waals surface area contributed by atoms with Crippen molar-refractivity contribution < 1.29 is 19.1 Å². The minimum absolute atomic E-state index is 0.0849. The van der Waals surface area contributed by atoms with Crippen molar-refractivity contribution in [2.45, 2.75) is 19.8 Å². The molecule has 0 radical (unpaired) electrons. The van der Waals surface area contributed by atoms with Crippen molar-refractivity contribution in [1.82, 2.24) is 14.7 Å². The highest BCUT2D eigenvalue weighted by Gasteiger charge is 2.29. The Kier molecular flexibility index (Phi) is 7.07. The Hall–Kier alpha value is -3.52. The van der Waals surface area contributed by atoms with Crippen LogP contribution in [0.2, 0.25) is 5.02 Å². The van der Waals surface area contributed by atoms with E-state index in [1.807, 2.05) is 25.1 Å². The molecule has 2 amide bonds. The van der Waals surface area contributed by atoms with E-state index in [0.29, 0.717) is 53.8 Å². The van der Waals surface area contributed by atoms with Crippen LogP contribution in [0.1, 0.15) is 28.9 Å². The van der Waals surface area contributed by atoms with Gasteiger partial charge < -0.3 is 19.7 Å². The van der Waals surface area contributed by atoms with Crippen LogP contribution in [0.5, 0.6) is 11.5 Å². The smallest absolute Gasteiger partial charge is 0.254 e. The van der Waals surface area contributed by atoms with Gasteiger partial charge in [-0.25, -0.2) is 4.68 Å². The summed E-state index contributed by atoms with van der Waals surface area (Å²) in [6, 6.07) is 14.2. The SMILES string of the molecule is COc1cc(OC)cc(C(=O)N2CCC(C(=O)Nc3cc(C)nn3-c3cccc(Cl)c3)CC2)c1. The van der Waals surface area contributed by atoms with Crippen molar-refractivity contribution in [3.8, 4) is 17.2 Å². The van der Waals surface area contributed by atoms with E-state index in [1.165, 1.54) is 0 Å². The average molecular weight is 483 g/mol. The highest BCUT2D eigenvalue weighted by Crippen LogP contribution is 2.27. The topological polar surface area (TPSA) is 85.7 Å². The largest absolute Gasteiger partial charge is 0.497 e. The molecule has 9 heteroatoms. The van der Waals surface area contributed by atoms with Gasteiger partial charge >= 0.3 is 0 Å². The number of halogens is 1. The van der Waals surface area contributed by atoms with Crippen molar-refractivity contribution in [2.24, 2.45) is 5.92 Å². The summed E-state index contributed by atoms with van der Waals surface area (Å²) in [4.78, 5) is 27.8. The number of carbonyl (C=O) groups excluding carboxylic acids is 2. The third kappa shape index (κ3) is 5.17. The van der Waals surface area contributed by atoms with Gasteiger partial charge in [0.05, 0.1) is 25.6 Å². The van der Waals surface area contributed by atoms with Gasteiger partial charge in [-0.05, 0) is 50.1 Å². The van der Waals surface area contributed by atoms with Gasteiger partial charge in [-0.15, -0.1) is 0 Å². The van der Waals surface area contributed by atoms with Gasteiger partial charge in [0.1, 0.15) is 17.3 Å². The lowest BCUT2D eigenvalue weighted by Gasteiger charge is -2.31. The number of aromatic nitrogens is 2. The van der Waals surface area contributed by atoms with Crippen LogP contribution in [0.25, 0.3) is 5.69 Å². The van der Waals surface area contributed by atoms with E-state index in [4.69, 9.17) is 21.1 Å². The van der Waals surface area contributed by atoms with E-state index in [-0.39, 0.29) is 17.7 Å². The number of piperidine rings is 1. The van der Waals surface area contributed by atoms with E-state index in [2.05, 4.69) is 10.4 Å². The molecule has 1 fully saturated rings. The summed E-state index contributed by atoms with van der Waals surface area (Å²) >= 11 is 6.12. The molecule has 0 atom stereocenters. The summed E-state index contributed by atoms with van der Waals surface area (Å²) in [7, 11) is 3.10. The van der Waals surface area contributed by atoms with Crippen LogP contribution in [0.15, 0.2) is 48.5 Å². The monoisotopic (exact) mass is 482 g/mol. The zero-order valence-corrected chi connectivity index (χ0v) is 20.1. The first kappa shape index (κ1) is 23.6. The Morgan fingerprint density at radius 3 is 2.32 bits per heavy atom. The van der Waals surface area contributed by atoms with Crippen LogP contribution in [0.4, 0.5) is 5.82 Å². The van der Waals surface area contributed by atoms with Gasteiger partial charge in [0.25, 0.3) is 5.91 Å². The minimum atomic E-state index is -0.202. The van der Waals surface area contributed by atoms with Crippen molar-refractivity contribution in [1.29, 1.82) is 0 Å². The molecule has 0 bridgehead atoms. The molecule has 2 heterocycles. The Morgan fingerprint density at radius 2 is 1.71 bits per heavy atom. The zero-order chi connectivity index (χ0) is 24.2. The first-order chi connectivity index (χ1) is 16.4. The molecule has 3 aromatic rings. The van der Waals surface area contributed by atoms with Crippen LogP contribution < -0.4 is 14.8 Å². The van der Waals surface area contributed by atoms with E-state index in [0.717, 1.165) is 11.4 Å². The fraction of sp³-hybridized carbons (Fsp3) is 0.320. The summed E-state index contributed by atoms with van der Waals surface area (Å²) in [5, 5.41) is 8.09. The maximum atomic E-state index is 13.0. The lowest BCUT2D eigenvalue weighted by Crippen LogP contribution is -2.41. The minimum Gasteiger partial charge on any atom is -0.497 e. The zero-order valence-electron chi connectivity index (χ0n) is 19.4. The Morgan fingerprint density at radius 1 is 1.03 bits per heavy atom.